The molecule has 3 heterocycles. The highest BCUT2D eigenvalue weighted by Gasteiger charge is 2.58. The SMILES string of the molecule is CC(C)OC(=O)[C@@H](C)N[P@@](=O)(OC[C@H]1O[C@@H](n2cnc3c(=O)[nH]c(N)nc32)[C@@](F)(Cl)[C@@H]1O)Oc1ccccc1. The van der Waals surface area contributed by atoms with Crippen molar-refractivity contribution >= 4 is 42.4 Å². The van der Waals surface area contributed by atoms with E-state index in [1.54, 1.807) is 32.0 Å². The summed E-state index contributed by atoms with van der Waals surface area (Å²) in [5.74, 6) is -0.846. The van der Waals surface area contributed by atoms with Crippen LogP contribution in [0.15, 0.2) is 41.5 Å². The van der Waals surface area contributed by atoms with E-state index in [2.05, 4.69) is 20.0 Å². The van der Waals surface area contributed by atoms with Crippen molar-refractivity contribution in [3.05, 3.63) is 47.0 Å². The fraction of sp³-hybridized carbons (Fsp3) is 0.455. The maximum Gasteiger partial charge on any atom is 0.459 e. The number of rotatable bonds is 10. The van der Waals surface area contributed by atoms with Crippen LogP contribution in [0.5, 0.6) is 5.75 Å². The lowest BCUT2D eigenvalue weighted by Crippen LogP contribution is -2.40. The number of fused-ring (bicyclic) bond motifs is 1. The minimum absolute atomic E-state index is 0.138. The summed E-state index contributed by atoms with van der Waals surface area (Å²) >= 11 is 6.04. The van der Waals surface area contributed by atoms with Gasteiger partial charge in [0.2, 0.25) is 5.95 Å². The van der Waals surface area contributed by atoms with Crippen LogP contribution < -0.4 is 20.9 Å². The first-order valence-electron chi connectivity index (χ1n) is 11.7. The maximum absolute atomic E-state index is 15.6. The first kappa shape index (κ1) is 28.9. The highest BCUT2D eigenvalue weighted by atomic mass is 35.5. The average Bonchev–Trinajstić information content (AvgIpc) is 3.36. The molecule has 0 bridgehead atoms. The summed E-state index contributed by atoms with van der Waals surface area (Å²) in [6.45, 7) is 3.99. The van der Waals surface area contributed by atoms with Crippen molar-refractivity contribution in [3.8, 4) is 5.75 Å². The van der Waals surface area contributed by atoms with Gasteiger partial charge in [-0.3, -0.25) is 23.7 Å². The fourth-order valence-electron chi connectivity index (χ4n) is 3.73. The average molecular weight is 589 g/mol. The van der Waals surface area contributed by atoms with Crippen molar-refractivity contribution in [2.45, 2.75) is 56.5 Å². The molecule has 1 aromatic carbocycles. The number of aromatic amines is 1. The van der Waals surface area contributed by atoms with Gasteiger partial charge in [0.1, 0.15) is 24.0 Å². The van der Waals surface area contributed by atoms with Gasteiger partial charge in [0, 0.05) is 0 Å². The number of nitrogen functional groups attached to an aromatic ring is 1. The Kier molecular flexibility index (Phi) is 8.30. The number of carbonyl (C=O) groups is 1. The number of hydrogen-bond acceptors (Lipinski definition) is 11. The van der Waals surface area contributed by atoms with Crippen LogP contribution in [0.4, 0.5) is 10.3 Å². The van der Waals surface area contributed by atoms with E-state index in [1.165, 1.54) is 19.1 Å². The number of para-hydroxylation sites is 1. The summed E-state index contributed by atoms with van der Waals surface area (Å²) < 4.78 is 52.0. The lowest BCUT2D eigenvalue weighted by molar-refractivity contribution is -0.149. The zero-order chi connectivity index (χ0) is 28.5. The number of aromatic nitrogens is 4. The monoisotopic (exact) mass is 588 g/mol. The molecule has 4 rings (SSSR count). The Morgan fingerprint density at radius 3 is 2.74 bits per heavy atom. The molecule has 5 N–H and O–H groups in total. The van der Waals surface area contributed by atoms with Gasteiger partial charge in [0.25, 0.3) is 10.7 Å². The summed E-state index contributed by atoms with van der Waals surface area (Å²) in [4.78, 5) is 34.5. The van der Waals surface area contributed by atoms with Gasteiger partial charge >= 0.3 is 13.7 Å². The number of nitrogens with one attached hydrogen (secondary N) is 2. The summed E-state index contributed by atoms with van der Waals surface area (Å²) in [5, 5.41) is 10.2. The molecular formula is C22H27ClFN6O8P. The lowest BCUT2D eigenvalue weighted by atomic mass is 10.1. The third kappa shape index (κ3) is 6.24. The van der Waals surface area contributed by atoms with Crippen LogP contribution in [-0.4, -0.2) is 66.7 Å². The standard InChI is InChI=1S/C22H27ClFN6O8P/c1-11(2)36-19(33)12(3)29-39(34,38-13-7-5-4-6-8-13)35-9-14-16(31)22(23,24)20(37-14)30-10-26-15-17(30)27-21(25)28-18(15)32/h4-8,10-12,14,16,20,31H,9H2,1-3H3,(H,29,34)(H3,25,27,28,32)/t12-,14-,16-,20-,22-,39-/m1/s1. The topological polar surface area (TPSA) is 193 Å². The second kappa shape index (κ2) is 11.2. The molecule has 1 aliphatic rings. The Bertz CT molecular complexity index is 1440. The fourth-order valence-corrected chi connectivity index (χ4v) is 5.53. The van der Waals surface area contributed by atoms with Crippen LogP contribution >= 0.6 is 19.3 Å². The first-order chi connectivity index (χ1) is 18.3. The number of halogens is 2. The van der Waals surface area contributed by atoms with Gasteiger partial charge in [-0.2, -0.15) is 10.1 Å². The largest absolute Gasteiger partial charge is 0.462 e. The first-order valence-corrected chi connectivity index (χ1v) is 13.6. The van der Waals surface area contributed by atoms with Gasteiger partial charge in [-0.15, -0.1) is 0 Å². The smallest absolute Gasteiger partial charge is 0.459 e. The third-order valence-corrected chi connectivity index (χ3v) is 7.57. The van der Waals surface area contributed by atoms with Crippen molar-refractivity contribution in [2.24, 2.45) is 0 Å². The van der Waals surface area contributed by atoms with E-state index < -0.39 is 61.6 Å². The Hall–Kier alpha value is -3.07. The van der Waals surface area contributed by atoms with E-state index in [1.807, 2.05) is 0 Å². The summed E-state index contributed by atoms with van der Waals surface area (Å²) in [6.07, 6.45) is -4.60. The van der Waals surface area contributed by atoms with Crippen molar-refractivity contribution in [1.82, 2.24) is 24.6 Å². The number of carbonyl (C=O) groups excluding carboxylic acids is 1. The number of H-pyrrole nitrogens is 1. The van der Waals surface area contributed by atoms with Gasteiger partial charge in [-0.25, -0.2) is 13.9 Å². The molecule has 0 aliphatic carbocycles. The van der Waals surface area contributed by atoms with Crippen LogP contribution in [-0.2, 0) is 23.4 Å². The Balaban J connectivity index is 1.56. The molecule has 14 nitrogen and oxygen atoms in total. The molecule has 212 valence electrons. The number of imidazole rings is 1. The molecule has 1 fully saturated rings. The molecule has 6 atom stereocenters. The predicted molar refractivity (Wildman–Crippen MR) is 137 cm³/mol. The summed E-state index contributed by atoms with van der Waals surface area (Å²) in [5.41, 5.74) is 4.60. The molecule has 3 aromatic rings. The molecule has 17 heteroatoms. The summed E-state index contributed by atoms with van der Waals surface area (Å²) in [7, 11) is -4.35. The van der Waals surface area contributed by atoms with E-state index in [0.29, 0.717) is 0 Å². The number of benzene rings is 1. The van der Waals surface area contributed by atoms with Crippen LogP contribution in [0.25, 0.3) is 11.2 Å². The maximum atomic E-state index is 15.6. The highest BCUT2D eigenvalue weighted by Crippen LogP contribution is 2.49. The number of aliphatic hydroxyl groups excluding tert-OH is 1. The van der Waals surface area contributed by atoms with Crippen molar-refractivity contribution in [2.75, 3.05) is 12.3 Å². The molecule has 1 saturated heterocycles. The van der Waals surface area contributed by atoms with E-state index in [4.69, 9.17) is 35.9 Å². The van der Waals surface area contributed by atoms with E-state index in [0.717, 1.165) is 10.9 Å². The Morgan fingerprint density at radius 1 is 1.38 bits per heavy atom. The molecule has 2 aromatic heterocycles. The second-order valence-electron chi connectivity index (χ2n) is 8.96. The predicted octanol–water partition coefficient (Wildman–Crippen LogP) is 2.00. The molecule has 0 saturated carbocycles. The zero-order valence-electron chi connectivity index (χ0n) is 21.0. The van der Waals surface area contributed by atoms with Crippen molar-refractivity contribution in [3.63, 3.8) is 0 Å². The third-order valence-electron chi connectivity index (χ3n) is 5.52. The number of aliphatic hydroxyl groups is 1. The number of nitrogens with two attached hydrogens (primary N) is 1. The number of anilines is 1. The minimum atomic E-state index is -4.35. The van der Waals surface area contributed by atoms with E-state index >= 15 is 4.39 Å². The molecular weight excluding hydrogens is 562 g/mol. The normalized spacial score (nSPS) is 25.5. The Labute approximate surface area is 226 Å². The number of esters is 1. The quantitative estimate of drug-likeness (QED) is 0.153. The molecule has 0 amide bonds. The second-order valence-corrected chi connectivity index (χ2v) is 11.2. The molecule has 0 unspecified atom stereocenters. The van der Waals surface area contributed by atoms with E-state index in [-0.39, 0.29) is 22.9 Å². The van der Waals surface area contributed by atoms with Gasteiger partial charge in [0.05, 0.1) is 19.0 Å². The number of alkyl halides is 2. The van der Waals surface area contributed by atoms with Crippen LogP contribution in [0.2, 0.25) is 0 Å². The number of nitrogens with zero attached hydrogens (tertiary/aromatic N) is 3. The van der Waals surface area contributed by atoms with Crippen LogP contribution in [0.1, 0.15) is 27.0 Å². The van der Waals surface area contributed by atoms with Gasteiger partial charge in [0.15, 0.2) is 17.4 Å². The van der Waals surface area contributed by atoms with Crippen molar-refractivity contribution in [1.29, 1.82) is 0 Å². The molecule has 0 radical (unpaired) electrons. The molecule has 39 heavy (non-hydrogen) atoms. The van der Waals surface area contributed by atoms with Gasteiger partial charge < -0.3 is 24.8 Å². The van der Waals surface area contributed by atoms with Crippen LogP contribution in [0.3, 0.4) is 0 Å². The highest BCUT2D eigenvalue weighted by molar-refractivity contribution is 7.52. The minimum Gasteiger partial charge on any atom is -0.462 e. The summed E-state index contributed by atoms with van der Waals surface area (Å²) in [6, 6.07) is 6.82. The van der Waals surface area contributed by atoms with Gasteiger partial charge in [-0.05, 0) is 32.9 Å². The number of hydrogen-bond donors (Lipinski definition) is 4. The number of ether oxygens (including phenoxy) is 2. The molecule has 1 aliphatic heterocycles. The Morgan fingerprint density at radius 2 is 2.08 bits per heavy atom. The van der Waals surface area contributed by atoms with Gasteiger partial charge in [-0.1, -0.05) is 29.8 Å². The zero-order valence-corrected chi connectivity index (χ0v) is 22.6. The van der Waals surface area contributed by atoms with E-state index in [9.17, 15) is 19.3 Å². The van der Waals surface area contributed by atoms with Crippen LogP contribution in [0, 0.1) is 0 Å². The van der Waals surface area contributed by atoms with Crippen molar-refractivity contribution < 1.29 is 37.4 Å². The lowest BCUT2D eigenvalue weighted by Gasteiger charge is -2.25. The molecule has 0 spiro atoms.